The van der Waals surface area contributed by atoms with Crippen LogP contribution in [-0.4, -0.2) is 31.9 Å². The van der Waals surface area contributed by atoms with E-state index in [2.05, 4.69) is 19.1 Å². The fourth-order valence-electron chi connectivity index (χ4n) is 4.00. The van der Waals surface area contributed by atoms with Crippen LogP contribution in [0.2, 0.25) is 0 Å². The second-order valence-corrected chi connectivity index (χ2v) is 8.03. The van der Waals surface area contributed by atoms with Crippen molar-refractivity contribution in [2.45, 2.75) is 84.2 Å². The molecule has 0 heterocycles. The first-order chi connectivity index (χ1) is 13.6. The maximum absolute atomic E-state index is 11.5. The summed E-state index contributed by atoms with van der Waals surface area (Å²) in [6.07, 6.45) is 10.6. The summed E-state index contributed by atoms with van der Waals surface area (Å²) >= 11 is 0. The predicted octanol–water partition coefficient (Wildman–Crippen LogP) is 5.89. The van der Waals surface area contributed by atoms with Gasteiger partial charge in [-0.2, -0.15) is 0 Å². The second kappa shape index (κ2) is 12.8. The highest BCUT2D eigenvalue weighted by Gasteiger charge is 2.22. The summed E-state index contributed by atoms with van der Waals surface area (Å²) in [6, 6.07) is 8.47. The van der Waals surface area contributed by atoms with E-state index in [0.29, 0.717) is 19.1 Å². The van der Waals surface area contributed by atoms with E-state index < -0.39 is 0 Å². The molecule has 0 saturated heterocycles. The number of rotatable bonds is 12. The van der Waals surface area contributed by atoms with Gasteiger partial charge in [0.25, 0.3) is 0 Å². The normalized spacial score (nSPS) is 20.5. The number of benzene rings is 1. The summed E-state index contributed by atoms with van der Waals surface area (Å²) in [6.45, 7) is 6.81. The molecule has 0 bridgehead atoms. The molecule has 0 spiro atoms. The second-order valence-electron chi connectivity index (χ2n) is 8.03. The Morgan fingerprint density at radius 1 is 1.07 bits per heavy atom. The molecule has 2 rings (SSSR count). The molecule has 0 aliphatic heterocycles. The van der Waals surface area contributed by atoms with E-state index in [1.165, 1.54) is 56.9 Å². The first-order valence-electron chi connectivity index (χ1n) is 11.1. The van der Waals surface area contributed by atoms with Gasteiger partial charge in [0.1, 0.15) is 25.1 Å². The Morgan fingerprint density at radius 2 is 1.79 bits per heavy atom. The van der Waals surface area contributed by atoms with Crippen LogP contribution in [0.15, 0.2) is 24.3 Å². The van der Waals surface area contributed by atoms with Crippen LogP contribution in [0.4, 0.5) is 0 Å². The predicted molar refractivity (Wildman–Crippen MR) is 113 cm³/mol. The number of unbranched alkanes of at least 4 members (excludes halogenated alkanes) is 2. The van der Waals surface area contributed by atoms with Crippen LogP contribution in [0.1, 0.15) is 83.6 Å². The molecule has 0 aromatic heterocycles. The lowest BCUT2D eigenvalue weighted by Crippen LogP contribution is -2.24. The van der Waals surface area contributed by atoms with Gasteiger partial charge in [-0.05, 0) is 69.1 Å². The zero-order valence-electron chi connectivity index (χ0n) is 18.0. The van der Waals surface area contributed by atoms with Crippen LogP contribution in [0, 0.1) is 5.92 Å². The quantitative estimate of drug-likeness (QED) is 0.330. The van der Waals surface area contributed by atoms with Gasteiger partial charge in [0, 0.05) is 6.61 Å². The number of carbonyl (C=O) groups is 1. The SMILES string of the molecule is CCCCC[C@H]1CC[C@H](c2ccc(OCC(C)OC(=O)COCC)cc2)CC1. The molecular formula is C24H38O4. The molecule has 158 valence electrons. The van der Waals surface area contributed by atoms with Gasteiger partial charge >= 0.3 is 5.97 Å². The fraction of sp³-hybridized carbons (Fsp3) is 0.708. The lowest BCUT2D eigenvalue weighted by Gasteiger charge is -2.29. The largest absolute Gasteiger partial charge is 0.490 e. The van der Waals surface area contributed by atoms with E-state index in [1.54, 1.807) is 0 Å². The van der Waals surface area contributed by atoms with Crippen molar-refractivity contribution in [1.82, 2.24) is 0 Å². The van der Waals surface area contributed by atoms with E-state index in [9.17, 15) is 4.79 Å². The molecule has 28 heavy (non-hydrogen) atoms. The Morgan fingerprint density at radius 3 is 2.43 bits per heavy atom. The van der Waals surface area contributed by atoms with Crippen LogP contribution in [-0.2, 0) is 14.3 Å². The molecule has 1 atom stereocenters. The summed E-state index contributed by atoms with van der Waals surface area (Å²) in [4.78, 5) is 11.5. The van der Waals surface area contributed by atoms with Gasteiger partial charge < -0.3 is 14.2 Å². The van der Waals surface area contributed by atoms with Crippen LogP contribution in [0.25, 0.3) is 0 Å². The zero-order chi connectivity index (χ0) is 20.2. The lowest BCUT2D eigenvalue weighted by molar-refractivity contribution is -0.154. The third-order valence-corrected chi connectivity index (χ3v) is 5.66. The van der Waals surface area contributed by atoms with Gasteiger partial charge in [-0.25, -0.2) is 4.79 Å². The number of carbonyl (C=O) groups excluding carboxylic acids is 1. The molecule has 4 heteroatoms. The number of esters is 1. The van der Waals surface area contributed by atoms with E-state index in [0.717, 1.165) is 11.7 Å². The van der Waals surface area contributed by atoms with E-state index in [1.807, 2.05) is 26.0 Å². The first kappa shape index (κ1) is 22.7. The molecule has 1 fully saturated rings. The minimum Gasteiger partial charge on any atom is -0.490 e. The number of hydrogen-bond acceptors (Lipinski definition) is 4. The van der Waals surface area contributed by atoms with Gasteiger partial charge in [-0.15, -0.1) is 0 Å². The van der Waals surface area contributed by atoms with Gasteiger partial charge in [-0.1, -0.05) is 44.7 Å². The molecule has 1 aromatic rings. The third-order valence-electron chi connectivity index (χ3n) is 5.66. The maximum Gasteiger partial charge on any atom is 0.332 e. The molecule has 0 radical (unpaired) electrons. The number of hydrogen-bond donors (Lipinski definition) is 0. The first-order valence-corrected chi connectivity index (χ1v) is 11.1. The van der Waals surface area contributed by atoms with Gasteiger partial charge in [0.15, 0.2) is 0 Å². The van der Waals surface area contributed by atoms with Crippen LogP contribution in [0.3, 0.4) is 0 Å². The van der Waals surface area contributed by atoms with Gasteiger partial charge in [0.05, 0.1) is 0 Å². The van der Waals surface area contributed by atoms with E-state index in [4.69, 9.17) is 14.2 Å². The van der Waals surface area contributed by atoms with Crippen LogP contribution >= 0.6 is 0 Å². The lowest BCUT2D eigenvalue weighted by atomic mass is 9.77. The van der Waals surface area contributed by atoms with Crippen molar-refractivity contribution in [3.8, 4) is 5.75 Å². The van der Waals surface area contributed by atoms with Crippen molar-refractivity contribution in [3.05, 3.63) is 29.8 Å². The highest BCUT2D eigenvalue weighted by Crippen LogP contribution is 2.38. The summed E-state index contributed by atoms with van der Waals surface area (Å²) in [5.74, 6) is 2.11. The fourth-order valence-corrected chi connectivity index (χ4v) is 4.00. The van der Waals surface area contributed by atoms with Crippen LogP contribution < -0.4 is 4.74 Å². The Labute approximate surface area is 170 Å². The summed E-state index contributed by atoms with van der Waals surface area (Å²) in [7, 11) is 0. The van der Waals surface area contributed by atoms with E-state index >= 15 is 0 Å². The maximum atomic E-state index is 11.5. The van der Waals surface area contributed by atoms with Crippen molar-refractivity contribution >= 4 is 5.97 Å². The minimum absolute atomic E-state index is 0.00358. The van der Waals surface area contributed by atoms with Crippen LogP contribution in [0.5, 0.6) is 5.75 Å². The molecule has 1 aromatic carbocycles. The molecule has 1 aliphatic rings. The Balaban J connectivity index is 1.69. The van der Waals surface area contributed by atoms with Crippen molar-refractivity contribution in [3.63, 3.8) is 0 Å². The number of ether oxygens (including phenoxy) is 3. The highest BCUT2D eigenvalue weighted by molar-refractivity contribution is 5.70. The standard InChI is InChI=1S/C24H38O4/c1-4-6-7-8-20-9-11-21(12-10-20)22-13-15-23(16-14-22)27-17-19(3)28-24(25)18-26-5-2/h13-16,19-21H,4-12,17-18H2,1-3H3/t19?,20-,21-. The molecule has 1 saturated carbocycles. The highest BCUT2D eigenvalue weighted by atomic mass is 16.6. The molecule has 0 N–H and O–H groups in total. The monoisotopic (exact) mass is 390 g/mol. The average Bonchev–Trinajstić information content (AvgIpc) is 2.72. The van der Waals surface area contributed by atoms with Gasteiger partial charge in [0.2, 0.25) is 0 Å². The topological polar surface area (TPSA) is 44.8 Å². The average molecular weight is 391 g/mol. The van der Waals surface area contributed by atoms with Crippen molar-refractivity contribution in [2.24, 2.45) is 5.92 Å². The molecule has 1 unspecified atom stereocenters. The Bertz CT molecular complexity index is 546. The smallest absolute Gasteiger partial charge is 0.332 e. The molecule has 4 nitrogen and oxygen atoms in total. The summed E-state index contributed by atoms with van der Waals surface area (Å²) < 4.78 is 16.1. The minimum atomic E-state index is -0.349. The van der Waals surface area contributed by atoms with Crippen molar-refractivity contribution in [2.75, 3.05) is 19.8 Å². The molecular weight excluding hydrogens is 352 g/mol. The molecule has 0 amide bonds. The van der Waals surface area contributed by atoms with E-state index in [-0.39, 0.29) is 18.7 Å². The molecule has 1 aliphatic carbocycles. The summed E-state index contributed by atoms with van der Waals surface area (Å²) in [5.41, 5.74) is 1.43. The zero-order valence-corrected chi connectivity index (χ0v) is 18.0. The summed E-state index contributed by atoms with van der Waals surface area (Å²) in [5, 5.41) is 0. The van der Waals surface area contributed by atoms with Gasteiger partial charge in [-0.3, -0.25) is 0 Å². The Hall–Kier alpha value is -1.55. The van der Waals surface area contributed by atoms with Crippen molar-refractivity contribution < 1.29 is 19.0 Å². The third kappa shape index (κ3) is 8.22. The van der Waals surface area contributed by atoms with Crippen molar-refractivity contribution in [1.29, 1.82) is 0 Å². The Kier molecular flexibility index (Phi) is 10.4.